The van der Waals surface area contributed by atoms with E-state index >= 15 is 0 Å². The highest BCUT2D eigenvalue weighted by Crippen LogP contribution is 2.78. The van der Waals surface area contributed by atoms with Gasteiger partial charge in [0.2, 0.25) is 5.78 Å². The number of Topliss-reactive ketones (excluding diaryl/α,β-unsaturated/α-hetero) is 1. The minimum atomic E-state index is -3.58. The number of hydrogen-bond donors (Lipinski definition) is 0. The highest BCUT2D eigenvalue weighted by atomic mass is 19.3. The van der Waals surface area contributed by atoms with Gasteiger partial charge in [0.05, 0.1) is 5.56 Å². The van der Waals surface area contributed by atoms with Crippen molar-refractivity contribution in [2.24, 2.45) is 10.8 Å². The molecule has 1 nitrogen and oxygen atoms in total. The fourth-order valence-electron chi connectivity index (χ4n) is 3.71. The topological polar surface area (TPSA) is 17.1 Å². The molecule has 3 fully saturated rings. The zero-order valence-corrected chi connectivity index (χ0v) is 10.3. The van der Waals surface area contributed by atoms with Crippen LogP contribution in [0.3, 0.4) is 0 Å². The number of ketones is 1. The van der Waals surface area contributed by atoms with Crippen LogP contribution >= 0.6 is 0 Å². The summed E-state index contributed by atoms with van der Waals surface area (Å²) in [5.74, 6) is -7.24. The Balaban J connectivity index is 1.91. The molecule has 5 heteroatoms. The average Bonchev–Trinajstić information content (AvgIpc) is 2.22. The fourth-order valence-corrected chi connectivity index (χ4v) is 3.71. The zero-order valence-electron chi connectivity index (χ0n) is 10.3. The van der Waals surface area contributed by atoms with E-state index in [2.05, 4.69) is 0 Å². The van der Waals surface area contributed by atoms with Crippen molar-refractivity contribution < 1.29 is 22.4 Å². The molecular formula is C14H12F4O. The predicted octanol–water partition coefficient (Wildman–Crippen LogP) is 3.97. The normalized spacial score (nSPS) is 32.5. The molecule has 0 amide bonds. The number of halogens is 4. The third kappa shape index (κ3) is 1.50. The van der Waals surface area contributed by atoms with Gasteiger partial charge in [-0.3, -0.25) is 4.79 Å². The lowest BCUT2D eigenvalue weighted by atomic mass is 9.33. The molecule has 19 heavy (non-hydrogen) atoms. The largest absolute Gasteiger partial charge is 0.315 e. The first kappa shape index (κ1) is 12.6. The number of alkyl halides is 2. The summed E-state index contributed by atoms with van der Waals surface area (Å²) in [6.45, 7) is 1.90. The molecule has 1 aromatic carbocycles. The maximum absolute atomic E-state index is 14.2. The van der Waals surface area contributed by atoms with E-state index in [1.54, 1.807) is 0 Å². The molecule has 3 saturated carbocycles. The number of rotatable bonds is 3. The lowest BCUT2D eigenvalue weighted by Crippen LogP contribution is -2.69. The second-order valence-electron chi connectivity index (χ2n) is 6.15. The lowest BCUT2D eigenvalue weighted by molar-refractivity contribution is -0.286. The summed E-state index contributed by atoms with van der Waals surface area (Å²) >= 11 is 0. The minimum Gasteiger partial charge on any atom is -0.287 e. The molecule has 0 aromatic heterocycles. The second kappa shape index (κ2) is 3.38. The molecule has 2 bridgehead atoms. The Hall–Kier alpha value is -1.39. The van der Waals surface area contributed by atoms with Crippen molar-refractivity contribution in [1.29, 1.82) is 0 Å². The fraction of sp³-hybridized carbons (Fsp3) is 0.500. The van der Waals surface area contributed by atoms with Gasteiger partial charge in [0.15, 0.2) is 0 Å². The third-order valence-corrected chi connectivity index (χ3v) is 4.42. The van der Waals surface area contributed by atoms with Gasteiger partial charge in [0.1, 0.15) is 11.6 Å². The minimum absolute atomic E-state index is 0.0783. The smallest absolute Gasteiger partial charge is 0.287 e. The molecule has 1 aromatic rings. The molecule has 0 radical (unpaired) electrons. The summed E-state index contributed by atoms with van der Waals surface area (Å²) in [4.78, 5) is 11.9. The summed E-state index contributed by atoms with van der Waals surface area (Å²) < 4.78 is 54.6. The zero-order chi connectivity index (χ0) is 14.1. The van der Waals surface area contributed by atoms with Crippen molar-refractivity contribution in [2.75, 3.05) is 0 Å². The molecule has 0 spiro atoms. The van der Waals surface area contributed by atoms with Crippen LogP contribution in [-0.2, 0) is 0 Å². The maximum atomic E-state index is 14.2. The van der Waals surface area contributed by atoms with Crippen LogP contribution in [0.4, 0.5) is 17.6 Å². The molecular weight excluding hydrogens is 260 g/mol. The molecule has 0 heterocycles. The van der Waals surface area contributed by atoms with Crippen LogP contribution in [0.15, 0.2) is 18.2 Å². The number of hydrogen-bond acceptors (Lipinski definition) is 1. The lowest BCUT2D eigenvalue weighted by Gasteiger charge is -2.71. The van der Waals surface area contributed by atoms with Gasteiger partial charge in [-0.05, 0) is 36.8 Å². The van der Waals surface area contributed by atoms with Gasteiger partial charge in [0.25, 0.3) is 0 Å². The molecule has 0 N–H and O–H groups in total. The van der Waals surface area contributed by atoms with Crippen molar-refractivity contribution >= 4 is 5.78 Å². The highest BCUT2D eigenvalue weighted by molar-refractivity contribution is 6.02. The van der Waals surface area contributed by atoms with Crippen LogP contribution < -0.4 is 0 Å². The SMILES string of the molecule is CC12CC(C(F)(F)C(=O)c3ccc(F)cc3F)(C1)C2. The van der Waals surface area contributed by atoms with E-state index in [0.29, 0.717) is 25.3 Å². The quantitative estimate of drug-likeness (QED) is 0.601. The van der Waals surface area contributed by atoms with Crippen LogP contribution in [0.2, 0.25) is 0 Å². The van der Waals surface area contributed by atoms with Crippen LogP contribution in [0.5, 0.6) is 0 Å². The number of benzene rings is 1. The van der Waals surface area contributed by atoms with E-state index in [9.17, 15) is 22.4 Å². The molecule has 0 aliphatic heterocycles. The molecule has 0 atom stereocenters. The Morgan fingerprint density at radius 1 is 1.21 bits per heavy atom. The Labute approximate surface area is 107 Å². The van der Waals surface area contributed by atoms with Gasteiger partial charge < -0.3 is 0 Å². The summed E-state index contributed by atoms with van der Waals surface area (Å²) in [5.41, 5.74) is -2.12. The Morgan fingerprint density at radius 3 is 2.26 bits per heavy atom. The Kier molecular flexibility index (Phi) is 2.25. The van der Waals surface area contributed by atoms with Crippen LogP contribution in [0.1, 0.15) is 36.5 Å². The van der Waals surface area contributed by atoms with Crippen molar-refractivity contribution in [1.82, 2.24) is 0 Å². The first-order chi connectivity index (χ1) is 8.69. The van der Waals surface area contributed by atoms with E-state index in [-0.39, 0.29) is 5.41 Å². The van der Waals surface area contributed by atoms with Crippen molar-refractivity contribution in [3.05, 3.63) is 35.4 Å². The third-order valence-electron chi connectivity index (χ3n) is 4.42. The van der Waals surface area contributed by atoms with E-state index in [1.165, 1.54) is 0 Å². The van der Waals surface area contributed by atoms with Gasteiger partial charge in [-0.2, -0.15) is 8.78 Å². The summed E-state index contributed by atoms with van der Waals surface area (Å²) in [6, 6.07) is 2.05. The van der Waals surface area contributed by atoms with Gasteiger partial charge in [0, 0.05) is 11.5 Å². The molecule has 102 valence electrons. The standard InChI is InChI=1S/C14H12F4O/c1-12-5-13(6-12,7-12)14(17,18)11(19)9-3-2-8(15)4-10(9)16/h2-4H,5-7H2,1H3. The van der Waals surface area contributed by atoms with Gasteiger partial charge in [-0.15, -0.1) is 0 Å². The second-order valence-corrected chi connectivity index (χ2v) is 6.15. The van der Waals surface area contributed by atoms with Crippen LogP contribution in [0, 0.1) is 22.5 Å². The number of carbonyl (C=O) groups excluding carboxylic acids is 1. The predicted molar refractivity (Wildman–Crippen MR) is 60.0 cm³/mol. The summed E-state index contributed by atoms with van der Waals surface area (Å²) in [6.07, 6.45) is 0.880. The maximum Gasteiger partial charge on any atom is 0.315 e. The van der Waals surface area contributed by atoms with Crippen molar-refractivity contribution in [3.8, 4) is 0 Å². The van der Waals surface area contributed by atoms with Crippen LogP contribution in [0.25, 0.3) is 0 Å². The summed E-state index contributed by atoms with van der Waals surface area (Å²) in [7, 11) is 0. The monoisotopic (exact) mass is 272 g/mol. The van der Waals surface area contributed by atoms with E-state index in [1.807, 2.05) is 6.92 Å². The first-order valence-electron chi connectivity index (χ1n) is 6.07. The van der Waals surface area contributed by atoms with Crippen molar-refractivity contribution in [3.63, 3.8) is 0 Å². The Morgan fingerprint density at radius 2 is 1.79 bits per heavy atom. The summed E-state index contributed by atoms with van der Waals surface area (Å²) in [5, 5.41) is 0. The number of carbonyl (C=O) groups is 1. The average molecular weight is 272 g/mol. The first-order valence-corrected chi connectivity index (χ1v) is 6.07. The van der Waals surface area contributed by atoms with Crippen molar-refractivity contribution in [2.45, 2.75) is 32.1 Å². The van der Waals surface area contributed by atoms with E-state index in [4.69, 9.17) is 0 Å². The van der Waals surface area contributed by atoms with Crippen LogP contribution in [-0.4, -0.2) is 11.7 Å². The van der Waals surface area contributed by atoms with Gasteiger partial charge >= 0.3 is 5.92 Å². The molecule has 4 rings (SSSR count). The Bertz CT molecular complexity index is 559. The molecule has 0 unspecified atom stereocenters. The molecule has 3 aliphatic carbocycles. The van der Waals surface area contributed by atoms with E-state index < -0.39 is 34.3 Å². The van der Waals surface area contributed by atoms with E-state index in [0.717, 1.165) is 12.1 Å². The van der Waals surface area contributed by atoms with Gasteiger partial charge in [-0.25, -0.2) is 8.78 Å². The highest BCUT2D eigenvalue weighted by Gasteiger charge is 2.77. The molecule has 0 saturated heterocycles. The van der Waals surface area contributed by atoms with Gasteiger partial charge in [-0.1, -0.05) is 6.92 Å². The molecule has 3 aliphatic rings.